The molecule has 1 aromatic heterocycles. The number of rotatable bonds is 5. The van der Waals surface area contributed by atoms with Crippen LogP contribution < -0.4 is 10.6 Å². The minimum atomic E-state index is -0.356. The molecule has 0 saturated heterocycles. The third kappa shape index (κ3) is 4.86. The van der Waals surface area contributed by atoms with Crippen molar-refractivity contribution in [1.29, 1.82) is 0 Å². The molecule has 0 bridgehead atoms. The largest absolute Gasteiger partial charge is 0.396 e. The number of urea groups is 1. The molecule has 0 atom stereocenters. The number of benzene rings is 1. The molecule has 3 N–H and O–H groups in total. The topological polar surface area (TPSA) is 74.2 Å². The van der Waals surface area contributed by atoms with E-state index in [1.165, 1.54) is 11.3 Å². The molecule has 2 amide bonds. The normalized spacial score (nSPS) is 10.4. The van der Waals surface area contributed by atoms with E-state index >= 15 is 0 Å². The Bertz CT molecular complexity index is 634. The van der Waals surface area contributed by atoms with Gasteiger partial charge in [-0.05, 0) is 17.7 Å². The summed E-state index contributed by atoms with van der Waals surface area (Å²) in [6, 6.07) is 4.82. The fourth-order valence-electron chi connectivity index (χ4n) is 1.57. The Hall–Kier alpha value is -1.34. The predicted octanol–water partition coefficient (Wildman–Crippen LogP) is 3.31. The van der Waals surface area contributed by atoms with E-state index in [9.17, 15) is 4.79 Å². The van der Waals surface area contributed by atoms with Gasteiger partial charge in [-0.25, -0.2) is 9.78 Å². The molecular formula is C13H13Cl2N3O2S. The average Bonchev–Trinajstić information content (AvgIpc) is 2.88. The van der Waals surface area contributed by atoms with E-state index in [2.05, 4.69) is 15.6 Å². The van der Waals surface area contributed by atoms with Crippen molar-refractivity contribution in [3.8, 4) is 0 Å². The number of nitrogens with zero attached hydrogens (tertiary/aromatic N) is 1. The Labute approximate surface area is 135 Å². The Morgan fingerprint density at radius 2 is 2.14 bits per heavy atom. The Morgan fingerprint density at radius 1 is 1.33 bits per heavy atom. The van der Waals surface area contributed by atoms with Gasteiger partial charge in [0.1, 0.15) is 0 Å². The van der Waals surface area contributed by atoms with E-state index in [4.69, 9.17) is 28.3 Å². The van der Waals surface area contributed by atoms with Crippen LogP contribution in [0.15, 0.2) is 23.6 Å². The number of thiazole rings is 1. The number of aromatic nitrogens is 1. The van der Waals surface area contributed by atoms with Crippen molar-refractivity contribution in [3.05, 3.63) is 44.9 Å². The minimum absolute atomic E-state index is 0.0344. The number of hydrogen-bond acceptors (Lipinski definition) is 4. The molecular weight excluding hydrogens is 333 g/mol. The number of aliphatic hydroxyl groups is 1. The van der Waals surface area contributed by atoms with E-state index in [1.807, 2.05) is 0 Å². The lowest BCUT2D eigenvalue weighted by molar-refractivity contribution is 0.251. The molecule has 0 aliphatic carbocycles. The summed E-state index contributed by atoms with van der Waals surface area (Å²) < 4.78 is 0. The van der Waals surface area contributed by atoms with E-state index in [1.54, 1.807) is 23.6 Å². The number of halogens is 2. The zero-order valence-corrected chi connectivity index (χ0v) is 13.2. The van der Waals surface area contributed by atoms with Gasteiger partial charge in [-0.3, -0.25) is 5.32 Å². The molecule has 0 radical (unpaired) electrons. The summed E-state index contributed by atoms with van der Waals surface area (Å²) >= 11 is 13.0. The van der Waals surface area contributed by atoms with Gasteiger partial charge in [-0.2, -0.15) is 0 Å². The van der Waals surface area contributed by atoms with Gasteiger partial charge >= 0.3 is 6.03 Å². The Kier molecular flexibility index (Phi) is 5.81. The molecule has 5 nitrogen and oxygen atoms in total. The molecule has 0 unspecified atom stereocenters. The van der Waals surface area contributed by atoms with Gasteiger partial charge in [-0.1, -0.05) is 29.3 Å². The average molecular weight is 346 g/mol. The fourth-order valence-corrected chi connectivity index (χ4v) is 2.63. The number of carbonyl (C=O) groups is 1. The maximum atomic E-state index is 11.7. The van der Waals surface area contributed by atoms with Crippen molar-refractivity contribution in [2.75, 3.05) is 11.9 Å². The monoisotopic (exact) mass is 345 g/mol. The van der Waals surface area contributed by atoms with Crippen LogP contribution in [0, 0.1) is 0 Å². The summed E-state index contributed by atoms with van der Waals surface area (Å²) in [5.41, 5.74) is 1.60. The molecule has 0 aliphatic heterocycles. The number of carbonyl (C=O) groups excluding carboxylic acids is 1. The Balaban J connectivity index is 1.85. The van der Waals surface area contributed by atoms with Gasteiger partial charge in [0.05, 0.1) is 15.7 Å². The molecule has 0 saturated carbocycles. The lowest BCUT2D eigenvalue weighted by Crippen LogP contribution is -2.28. The summed E-state index contributed by atoms with van der Waals surface area (Å²) in [4.78, 5) is 15.9. The van der Waals surface area contributed by atoms with Crippen molar-refractivity contribution >= 4 is 45.7 Å². The lowest BCUT2D eigenvalue weighted by atomic mass is 10.2. The number of aliphatic hydroxyl groups excluding tert-OH is 1. The van der Waals surface area contributed by atoms with Gasteiger partial charge in [0, 0.05) is 25.0 Å². The van der Waals surface area contributed by atoms with E-state index in [0.717, 1.165) is 11.3 Å². The van der Waals surface area contributed by atoms with Gasteiger partial charge < -0.3 is 10.4 Å². The molecule has 0 spiro atoms. The molecule has 8 heteroatoms. The lowest BCUT2D eigenvalue weighted by Gasteiger charge is -2.06. The van der Waals surface area contributed by atoms with Crippen molar-refractivity contribution in [2.45, 2.75) is 13.0 Å². The summed E-state index contributed by atoms with van der Waals surface area (Å²) in [6.07, 6.45) is 0.475. The first kappa shape index (κ1) is 16.0. The van der Waals surface area contributed by atoms with Crippen LogP contribution in [0.5, 0.6) is 0 Å². The fraction of sp³-hybridized carbons (Fsp3) is 0.231. The maximum Gasteiger partial charge on any atom is 0.321 e. The molecule has 21 heavy (non-hydrogen) atoms. The van der Waals surface area contributed by atoms with Crippen molar-refractivity contribution < 1.29 is 9.90 Å². The standard InChI is InChI=1S/C13H13Cl2N3O2S/c14-10-2-1-8(5-11(10)15)6-16-12(20)18-13-17-9(3-4-19)7-21-13/h1-2,5,7,19H,3-4,6H2,(H2,16,17,18,20). The first-order valence-corrected chi connectivity index (χ1v) is 7.76. The summed E-state index contributed by atoms with van der Waals surface area (Å²) in [5.74, 6) is 0. The Morgan fingerprint density at radius 3 is 2.86 bits per heavy atom. The van der Waals surface area contributed by atoms with Crippen LogP contribution in [0.2, 0.25) is 10.0 Å². The molecule has 0 fully saturated rings. The summed E-state index contributed by atoms with van der Waals surface area (Å²) in [5, 5.41) is 17.4. The van der Waals surface area contributed by atoms with Gasteiger partial charge in [0.2, 0.25) is 0 Å². The van der Waals surface area contributed by atoms with E-state index in [0.29, 0.717) is 28.1 Å². The number of anilines is 1. The molecule has 2 aromatic rings. The van der Waals surface area contributed by atoms with Crippen LogP contribution in [0.1, 0.15) is 11.3 Å². The predicted molar refractivity (Wildman–Crippen MR) is 85.2 cm³/mol. The van der Waals surface area contributed by atoms with Crippen LogP contribution in [-0.2, 0) is 13.0 Å². The second-order valence-corrected chi connectivity index (χ2v) is 5.85. The highest BCUT2D eigenvalue weighted by Crippen LogP contribution is 2.22. The van der Waals surface area contributed by atoms with Crippen molar-refractivity contribution in [2.24, 2.45) is 0 Å². The summed E-state index contributed by atoms with van der Waals surface area (Å²) in [7, 11) is 0. The zero-order valence-electron chi connectivity index (χ0n) is 10.9. The SMILES string of the molecule is O=C(NCc1ccc(Cl)c(Cl)c1)Nc1nc(CCO)cs1. The van der Waals surface area contributed by atoms with Crippen LogP contribution in [0.25, 0.3) is 0 Å². The molecule has 1 heterocycles. The number of amides is 2. The second kappa shape index (κ2) is 7.61. The van der Waals surface area contributed by atoms with Gasteiger partial charge in [0.25, 0.3) is 0 Å². The molecule has 2 rings (SSSR count). The molecule has 1 aromatic carbocycles. The van der Waals surface area contributed by atoms with E-state index < -0.39 is 0 Å². The zero-order chi connectivity index (χ0) is 15.2. The third-order valence-corrected chi connectivity index (χ3v) is 4.12. The van der Waals surface area contributed by atoms with Crippen LogP contribution in [0.4, 0.5) is 9.93 Å². The quantitative estimate of drug-likeness (QED) is 0.778. The van der Waals surface area contributed by atoms with E-state index in [-0.39, 0.29) is 12.6 Å². The number of nitrogens with one attached hydrogen (secondary N) is 2. The minimum Gasteiger partial charge on any atom is -0.396 e. The summed E-state index contributed by atoms with van der Waals surface area (Å²) in [6.45, 7) is 0.365. The first-order chi connectivity index (χ1) is 10.1. The van der Waals surface area contributed by atoms with Gasteiger partial charge in [-0.15, -0.1) is 11.3 Å². The smallest absolute Gasteiger partial charge is 0.321 e. The van der Waals surface area contributed by atoms with Crippen molar-refractivity contribution in [3.63, 3.8) is 0 Å². The van der Waals surface area contributed by atoms with Crippen molar-refractivity contribution in [1.82, 2.24) is 10.3 Å². The highest BCUT2D eigenvalue weighted by Gasteiger charge is 2.07. The highest BCUT2D eigenvalue weighted by atomic mass is 35.5. The van der Waals surface area contributed by atoms with Crippen LogP contribution in [0.3, 0.4) is 0 Å². The third-order valence-electron chi connectivity index (χ3n) is 2.58. The number of hydrogen-bond donors (Lipinski definition) is 3. The van der Waals surface area contributed by atoms with Crippen LogP contribution in [-0.4, -0.2) is 22.7 Å². The molecule has 0 aliphatic rings. The maximum absolute atomic E-state index is 11.7. The first-order valence-electron chi connectivity index (χ1n) is 6.12. The van der Waals surface area contributed by atoms with Gasteiger partial charge in [0.15, 0.2) is 5.13 Å². The highest BCUT2D eigenvalue weighted by molar-refractivity contribution is 7.13. The van der Waals surface area contributed by atoms with Crippen LogP contribution >= 0.6 is 34.5 Å². The second-order valence-electron chi connectivity index (χ2n) is 4.17. The molecule has 112 valence electrons.